The van der Waals surface area contributed by atoms with Crippen molar-refractivity contribution < 1.29 is 9.59 Å². The van der Waals surface area contributed by atoms with Gasteiger partial charge in [0.2, 0.25) is 5.91 Å². The molecule has 1 fully saturated rings. The predicted octanol–water partition coefficient (Wildman–Crippen LogP) is 4.24. The number of nitrogens with one attached hydrogen (secondary N) is 2. The molecule has 0 bridgehead atoms. The third kappa shape index (κ3) is 4.09. The molecule has 1 aliphatic carbocycles. The summed E-state index contributed by atoms with van der Waals surface area (Å²) in [7, 11) is 0. The number of hydrogen-bond donors (Lipinski definition) is 2. The van der Waals surface area contributed by atoms with Crippen LogP contribution in [0.3, 0.4) is 0 Å². The van der Waals surface area contributed by atoms with Crippen molar-refractivity contribution >= 4 is 44.9 Å². The summed E-state index contributed by atoms with van der Waals surface area (Å²) in [5.74, 6) is -0.232. The molecule has 2 N–H and O–H groups in total. The zero-order valence-electron chi connectivity index (χ0n) is 14.9. The Morgan fingerprint density at radius 1 is 1.15 bits per heavy atom. The number of aromatic nitrogens is 1. The first-order valence-corrected chi connectivity index (χ1v) is 9.75. The number of thiazole rings is 1. The number of aryl methyl sites for hydroxylation is 1. The summed E-state index contributed by atoms with van der Waals surface area (Å²) in [4.78, 5) is 31.1. The minimum Gasteiger partial charge on any atom is -0.312 e. The van der Waals surface area contributed by atoms with Gasteiger partial charge in [-0.05, 0) is 31.2 Å². The first kappa shape index (κ1) is 17.5. The van der Waals surface area contributed by atoms with E-state index in [0.29, 0.717) is 5.13 Å². The molecule has 138 valence electrons. The Bertz CT molecular complexity index is 991. The van der Waals surface area contributed by atoms with Crippen LogP contribution in [0.15, 0.2) is 47.8 Å². The molecular weight excluding hydrogens is 360 g/mol. The predicted molar refractivity (Wildman–Crippen MR) is 108 cm³/mol. The summed E-state index contributed by atoms with van der Waals surface area (Å²) in [6, 6.07) is 13.6. The van der Waals surface area contributed by atoms with Gasteiger partial charge in [-0.25, -0.2) is 9.78 Å². The van der Waals surface area contributed by atoms with Crippen molar-refractivity contribution in [2.45, 2.75) is 25.8 Å². The van der Waals surface area contributed by atoms with E-state index >= 15 is 0 Å². The maximum atomic E-state index is 12.9. The van der Waals surface area contributed by atoms with Crippen molar-refractivity contribution in [2.75, 3.05) is 17.2 Å². The van der Waals surface area contributed by atoms with Gasteiger partial charge in [0.05, 0.1) is 11.4 Å². The van der Waals surface area contributed by atoms with Gasteiger partial charge in [0.1, 0.15) is 6.54 Å². The minimum atomic E-state index is -0.251. The number of nitrogens with zero attached hydrogens (tertiary/aromatic N) is 2. The summed E-state index contributed by atoms with van der Waals surface area (Å²) < 4.78 is 0. The fraction of sp³-hybridized carbons (Fsp3) is 0.250. The fourth-order valence-corrected chi connectivity index (χ4v) is 3.70. The van der Waals surface area contributed by atoms with E-state index < -0.39 is 0 Å². The molecule has 3 amide bonds. The Balaban J connectivity index is 1.47. The van der Waals surface area contributed by atoms with Crippen molar-refractivity contribution in [3.63, 3.8) is 0 Å². The Morgan fingerprint density at radius 2 is 1.93 bits per heavy atom. The molecular formula is C20H20N4O2S. The topological polar surface area (TPSA) is 74.3 Å². The van der Waals surface area contributed by atoms with E-state index in [9.17, 15) is 9.59 Å². The van der Waals surface area contributed by atoms with Gasteiger partial charge in [-0.1, -0.05) is 36.4 Å². The van der Waals surface area contributed by atoms with Crippen LogP contribution in [0.5, 0.6) is 0 Å². The van der Waals surface area contributed by atoms with Crippen molar-refractivity contribution in [3.05, 3.63) is 53.5 Å². The van der Waals surface area contributed by atoms with Gasteiger partial charge < -0.3 is 15.5 Å². The highest BCUT2D eigenvalue weighted by molar-refractivity contribution is 7.13. The molecule has 4 rings (SSSR count). The van der Waals surface area contributed by atoms with Crippen LogP contribution in [-0.2, 0) is 4.79 Å². The molecule has 0 saturated heterocycles. The Kier molecular flexibility index (Phi) is 4.77. The number of hydrogen-bond acceptors (Lipinski definition) is 4. The van der Waals surface area contributed by atoms with Crippen molar-refractivity contribution in [1.82, 2.24) is 9.88 Å². The van der Waals surface area contributed by atoms with Crippen LogP contribution in [-0.4, -0.2) is 34.4 Å². The number of carbonyl (C=O) groups excluding carboxylic acids is 2. The molecule has 0 aliphatic heterocycles. The monoisotopic (exact) mass is 380 g/mol. The van der Waals surface area contributed by atoms with Crippen LogP contribution in [0.2, 0.25) is 0 Å². The molecule has 1 aromatic heterocycles. The summed E-state index contributed by atoms with van der Waals surface area (Å²) in [6.07, 6.45) is 1.85. The number of carbonyl (C=O) groups is 2. The van der Waals surface area contributed by atoms with Crippen molar-refractivity contribution in [3.8, 4) is 0 Å². The summed E-state index contributed by atoms with van der Waals surface area (Å²) in [5, 5.41) is 10.2. The third-order valence-electron chi connectivity index (χ3n) is 4.46. The number of amides is 3. The van der Waals surface area contributed by atoms with Crippen LogP contribution in [0.1, 0.15) is 18.5 Å². The Hall–Kier alpha value is -2.93. The summed E-state index contributed by atoms with van der Waals surface area (Å²) >= 11 is 1.38. The normalized spacial score (nSPS) is 13.4. The lowest BCUT2D eigenvalue weighted by molar-refractivity contribution is -0.116. The second kappa shape index (κ2) is 7.36. The molecule has 27 heavy (non-hydrogen) atoms. The smallest absolute Gasteiger partial charge is 0.312 e. The van der Waals surface area contributed by atoms with E-state index in [-0.39, 0.29) is 24.5 Å². The maximum Gasteiger partial charge on any atom is 0.322 e. The van der Waals surface area contributed by atoms with Gasteiger partial charge in [0.25, 0.3) is 0 Å². The van der Waals surface area contributed by atoms with E-state index in [0.717, 1.165) is 35.0 Å². The largest absolute Gasteiger partial charge is 0.322 e. The van der Waals surface area contributed by atoms with Gasteiger partial charge >= 0.3 is 6.03 Å². The van der Waals surface area contributed by atoms with Crippen LogP contribution < -0.4 is 10.6 Å². The van der Waals surface area contributed by atoms with Crippen LogP contribution in [0.4, 0.5) is 15.6 Å². The lowest BCUT2D eigenvalue weighted by Gasteiger charge is -2.22. The van der Waals surface area contributed by atoms with Gasteiger partial charge in [-0.3, -0.25) is 4.79 Å². The molecule has 3 aromatic rings. The lowest BCUT2D eigenvalue weighted by Crippen LogP contribution is -2.42. The zero-order valence-corrected chi connectivity index (χ0v) is 15.8. The van der Waals surface area contributed by atoms with E-state index in [2.05, 4.69) is 15.6 Å². The van der Waals surface area contributed by atoms with E-state index in [1.807, 2.05) is 54.8 Å². The molecule has 1 saturated carbocycles. The molecule has 1 heterocycles. The summed E-state index contributed by atoms with van der Waals surface area (Å²) in [6.45, 7) is 1.89. The first-order chi connectivity index (χ1) is 13.1. The van der Waals surface area contributed by atoms with Crippen LogP contribution >= 0.6 is 11.3 Å². The molecule has 2 aromatic carbocycles. The second-order valence-electron chi connectivity index (χ2n) is 6.66. The van der Waals surface area contributed by atoms with E-state index in [1.54, 1.807) is 4.90 Å². The first-order valence-electron chi connectivity index (χ1n) is 8.87. The summed E-state index contributed by atoms with van der Waals surface area (Å²) in [5.41, 5.74) is 1.61. The van der Waals surface area contributed by atoms with Gasteiger partial charge in [-0.2, -0.15) is 0 Å². The maximum absolute atomic E-state index is 12.9. The van der Waals surface area contributed by atoms with E-state index in [1.165, 1.54) is 11.3 Å². The number of anilines is 2. The quantitative estimate of drug-likeness (QED) is 0.695. The van der Waals surface area contributed by atoms with Gasteiger partial charge in [-0.15, -0.1) is 11.3 Å². The SMILES string of the molecule is Cc1csc(NC(=O)CN(C(=O)Nc2cccc3ccccc23)C2CC2)n1. The molecule has 0 spiro atoms. The van der Waals surface area contributed by atoms with Crippen LogP contribution in [0, 0.1) is 6.92 Å². The lowest BCUT2D eigenvalue weighted by atomic mass is 10.1. The van der Waals surface area contributed by atoms with Gasteiger partial charge in [0, 0.05) is 16.8 Å². The highest BCUT2D eigenvalue weighted by Crippen LogP contribution is 2.29. The van der Waals surface area contributed by atoms with Crippen LogP contribution in [0.25, 0.3) is 10.8 Å². The average molecular weight is 380 g/mol. The van der Waals surface area contributed by atoms with Crippen molar-refractivity contribution in [1.29, 1.82) is 0 Å². The number of benzene rings is 2. The second-order valence-corrected chi connectivity index (χ2v) is 7.52. The highest BCUT2D eigenvalue weighted by atomic mass is 32.1. The molecule has 0 radical (unpaired) electrons. The van der Waals surface area contributed by atoms with E-state index in [4.69, 9.17) is 0 Å². The minimum absolute atomic E-state index is 0.0138. The van der Waals surface area contributed by atoms with Gasteiger partial charge in [0.15, 0.2) is 5.13 Å². The molecule has 7 heteroatoms. The zero-order chi connectivity index (χ0) is 18.8. The van der Waals surface area contributed by atoms with Crippen molar-refractivity contribution in [2.24, 2.45) is 0 Å². The Labute approximate surface area is 161 Å². The molecule has 6 nitrogen and oxygen atoms in total. The molecule has 0 atom stereocenters. The fourth-order valence-electron chi connectivity index (χ4n) is 3.00. The molecule has 0 unspecified atom stereocenters. The average Bonchev–Trinajstić information content (AvgIpc) is 3.42. The molecule has 1 aliphatic rings. The highest BCUT2D eigenvalue weighted by Gasteiger charge is 2.34. The number of urea groups is 1. The number of rotatable bonds is 5. The third-order valence-corrected chi connectivity index (χ3v) is 5.33. The Morgan fingerprint density at radius 3 is 2.67 bits per heavy atom. The number of fused-ring (bicyclic) bond motifs is 1. The standard InChI is InChI=1S/C20H20N4O2S/c1-13-12-27-19(21-13)23-18(25)11-24(15-9-10-15)20(26)22-17-8-4-6-14-5-2-3-7-16(14)17/h2-8,12,15H,9-11H2,1H3,(H,22,26)(H,21,23,25).